The van der Waals surface area contributed by atoms with E-state index in [1.165, 1.54) is 58.2 Å². The van der Waals surface area contributed by atoms with E-state index in [4.69, 9.17) is 0 Å². The number of rotatable bonds is 7. The third-order valence-electron chi connectivity index (χ3n) is 4.69. The largest absolute Gasteiger partial charge is 0.319 e. The van der Waals surface area contributed by atoms with Crippen LogP contribution in [-0.4, -0.2) is 37.6 Å². The summed E-state index contributed by atoms with van der Waals surface area (Å²) in [5.74, 6) is 3.08. The fourth-order valence-electron chi connectivity index (χ4n) is 3.14. The molecule has 2 nitrogen and oxygen atoms in total. The van der Waals surface area contributed by atoms with Crippen LogP contribution in [0.4, 0.5) is 0 Å². The molecular formula is C14H26N2. The molecule has 3 saturated carbocycles. The van der Waals surface area contributed by atoms with Gasteiger partial charge >= 0.3 is 0 Å². The van der Waals surface area contributed by atoms with Crippen LogP contribution in [0.3, 0.4) is 0 Å². The SMILES string of the molecule is CNCC1CCC1N(CC1CC1)CC1CC1. The van der Waals surface area contributed by atoms with Crippen LogP contribution in [0.15, 0.2) is 0 Å². The summed E-state index contributed by atoms with van der Waals surface area (Å²) in [6.45, 7) is 4.07. The van der Waals surface area contributed by atoms with Gasteiger partial charge in [0.15, 0.2) is 0 Å². The maximum atomic E-state index is 3.37. The smallest absolute Gasteiger partial charge is 0.0136 e. The Labute approximate surface area is 99.8 Å². The zero-order chi connectivity index (χ0) is 11.0. The molecule has 3 aliphatic carbocycles. The average Bonchev–Trinajstić information content (AvgIpc) is 3.07. The van der Waals surface area contributed by atoms with Gasteiger partial charge in [-0.3, -0.25) is 4.90 Å². The Morgan fingerprint density at radius 3 is 1.94 bits per heavy atom. The Morgan fingerprint density at radius 1 is 0.938 bits per heavy atom. The predicted octanol–water partition coefficient (Wildman–Crippen LogP) is 2.11. The van der Waals surface area contributed by atoms with Gasteiger partial charge in [0.1, 0.15) is 0 Å². The molecule has 1 N–H and O–H groups in total. The van der Waals surface area contributed by atoms with Gasteiger partial charge in [0.2, 0.25) is 0 Å². The number of nitrogens with one attached hydrogen (secondary N) is 1. The highest BCUT2D eigenvalue weighted by atomic mass is 15.2. The third kappa shape index (κ3) is 2.60. The zero-order valence-electron chi connectivity index (χ0n) is 10.6. The van der Waals surface area contributed by atoms with Gasteiger partial charge in [0.05, 0.1) is 0 Å². The quantitative estimate of drug-likeness (QED) is 0.710. The van der Waals surface area contributed by atoms with Gasteiger partial charge in [-0.25, -0.2) is 0 Å². The van der Waals surface area contributed by atoms with Crippen molar-refractivity contribution in [1.29, 1.82) is 0 Å². The molecule has 0 saturated heterocycles. The van der Waals surface area contributed by atoms with Crippen molar-refractivity contribution in [3.8, 4) is 0 Å². The average molecular weight is 222 g/mol. The molecule has 2 heteroatoms. The van der Waals surface area contributed by atoms with Crippen LogP contribution in [0.25, 0.3) is 0 Å². The van der Waals surface area contributed by atoms with Crippen molar-refractivity contribution in [3.63, 3.8) is 0 Å². The first-order valence-electron chi connectivity index (χ1n) is 7.25. The van der Waals surface area contributed by atoms with E-state index in [9.17, 15) is 0 Å². The van der Waals surface area contributed by atoms with Crippen molar-refractivity contribution < 1.29 is 0 Å². The molecule has 0 amide bonds. The second-order valence-corrected chi connectivity index (χ2v) is 6.30. The first-order valence-corrected chi connectivity index (χ1v) is 7.25. The van der Waals surface area contributed by atoms with Crippen LogP contribution in [0.2, 0.25) is 0 Å². The minimum atomic E-state index is 0.925. The molecule has 0 heterocycles. The minimum Gasteiger partial charge on any atom is -0.319 e. The van der Waals surface area contributed by atoms with Crippen molar-refractivity contribution in [1.82, 2.24) is 10.2 Å². The van der Waals surface area contributed by atoms with Gasteiger partial charge in [0.25, 0.3) is 0 Å². The van der Waals surface area contributed by atoms with E-state index >= 15 is 0 Å². The summed E-state index contributed by atoms with van der Waals surface area (Å²) >= 11 is 0. The molecule has 0 radical (unpaired) electrons. The Hall–Kier alpha value is -0.0800. The van der Waals surface area contributed by atoms with E-state index in [1.807, 2.05) is 0 Å². The first-order chi connectivity index (χ1) is 7.86. The zero-order valence-corrected chi connectivity index (χ0v) is 10.6. The molecule has 0 aliphatic heterocycles. The Kier molecular flexibility index (Phi) is 3.21. The molecule has 0 aromatic heterocycles. The lowest BCUT2D eigenvalue weighted by Gasteiger charge is -2.45. The van der Waals surface area contributed by atoms with E-state index in [2.05, 4.69) is 17.3 Å². The van der Waals surface area contributed by atoms with Crippen LogP contribution >= 0.6 is 0 Å². The third-order valence-corrected chi connectivity index (χ3v) is 4.69. The van der Waals surface area contributed by atoms with Crippen molar-refractivity contribution in [2.75, 3.05) is 26.7 Å². The van der Waals surface area contributed by atoms with E-state index in [-0.39, 0.29) is 0 Å². The first kappa shape index (κ1) is 11.0. The molecule has 16 heavy (non-hydrogen) atoms. The summed E-state index contributed by atoms with van der Waals surface area (Å²) in [6.07, 6.45) is 8.94. The van der Waals surface area contributed by atoms with Crippen LogP contribution in [0.5, 0.6) is 0 Å². The highest BCUT2D eigenvalue weighted by molar-refractivity contribution is 4.94. The van der Waals surface area contributed by atoms with E-state index in [0.717, 1.165) is 23.8 Å². The lowest BCUT2D eigenvalue weighted by molar-refractivity contribution is 0.0549. The van der Waals surface area contributed by atoms with Gasteiger partial charge in [-0.05, 0) is 69.9 Å². The van der Waals surface area contributed by atoms with Crippen LogP contribution in [0.1, 0.15) is 38.5 Å². The second-order valence-electron chi connectivity index (χ2n) is 6.30. The highest BCUT2D eigenvalue weighted by Crippen LogP contribution is 2.39. The van der Waals surface area contributed by atoms with Crippen LogP contribution in [0, 0.1) is 17.8 Å². The summed E-state index contributed by atoms with van der Waals surface area (Å²) in [7, 11) is 2.10. The summed E-state index contributed by atoms with van der Waals surface area (Å²) in [6, 6.07) is 0.925. The Balaban J connectivity index is 1.52. The van der Waals surface area contributed by atoms with Gasteiger partial charge in [-0.15, -0.1) is 0 Å². The van der Waals surface area contributed by atoms with Crippen molar-refractivity contribution >= 4 is 0 Å². The number of hydrogen-bond donors (Lipinski definition) is 1. The second kappa shape index (κ2) is 4.66. The van der Waals surface area contributed by atoms with Gasteiger partial charge in [-0.1, -0.05) is 0 Å². The molecule has 0 spiro atoms. The van der Waals surface area contributed by atoms with Gasteiger partial charge < -0.3 is 5.32 Å². The van der Waals surface area contributed by atoms with E-state index in [1.54, 1.807) is 0 Å². The normalized spacial score (nSPS) is 34.1. The summed E-state index contributed by atoms with van der Waals surface area (Å²) < 4.78 is 0. The maximum Gasteiger partial charge on any atom is 0.0136 e. The molecule has 3 rings (SSSR count). The summed E-state index contributed by atoms with van der Waals surface area (Å²) in [4.78, 5) is 2.86. The lowest BCUT2D eigenvalue weighted by atomic mass is 9.78. The van der Waals surface area contributed by atoms with Crippen molar-refractivity contribution in [2.45, 2.75) is 44.6 Å². The molecule has 0 aromatic carbocycles. The molecule has 0 aromatic rings. The number of nitrogens with zero attached hydrogens (tertiary/aromatic N) is 1. The molecule has 3 fully saturated rings. The molecule has 92 valence electrons. The molecular weight excluding hydrogens is 196 g/mol. The van der Waals surface area contributed by atoms with Gasteiger partial charge in [-0.2, -0.15) is 0 Å². The minimum absolute atomic E-state index is 0.925. The van der Waals surface area contributed by atoms with Crippen molar-refractivity contribution in [2.24, 2.45) is 17.8 Å². The topological polar surface area (TPSA) is 15.3 Å². The Morgan fingerprint density at radius 2 is 1.56 bits per heavy atom. The van der Waals surface area contributed by atoms with Crippen molar-refractivity contribution in [3.05, 3.63) is 0 Å². The monoisotopic (exact) mass is 222 g/mol. The van der Waals surface area contributed by atoms with Crippen LogP contribution < -0.4 is 5.32 Å². The van der Waals surface area contributed by atoms with Gasteiger partial charge in [0, 0.05) is 19.1 Å². The molecule has 0 bridgehead atoms. The highest BCUT2D eigenvalue weighted by Gasteiger charge is 2.39. The molecule has 3 aliphatic rings. The molecule has 2 atom stereocenters. The fourth-order valence-corrected chi connectivity index (χ4v) is 3.14. The molecule has 2 unspecified atom stereocenters. The number of hydrogen-bond acceptors (Lipinski definition) is 2. The van der Waals surface area contributed by atoms with E-state index in [0.29, 0.717) is 0 Å². The lowest BCUT2D eigenvalue weighted by Crippen LogP contribution is -2.51. The van der Waals surface area contributed by atoms with Crippen LogP contribution in [-0.2, 0) is 0 Å². The maximum absolute atomic E-state index is 3.37. The fraction of sp³-hybridized carbons (Fsp3) is 1.00. The predicted molar refractivity (Wildman–Crippen MR) is 67.5 cm³/mol. The standard InChI is InChI=1S/C14H26N2/c1-15-8-13-6-7-14(13)16(9-11-2-3-11)10-12-4-5-12/h11-15H,2-10H2,1H3. The summed E-state index contributed by atoms with van der Waals surface area (Å²) in [5.41, 5.74) is 0. The summed E-state index contributed by atoms with van der Waals surface area (Å²) in [5, 5.41) is 3.37. The van der Waals surface area contributed by atoms with E-state index < -0.39 is 0 Å². The Bertz CT molecular complexity index is 219.